The zero-order valence-electron chi connectivity index (χ0n) is 11.0. The molecule has 1 aliphatic heterocycles. The number of nitrogens with one attached hydrogen (secondary N) is 1. The summed E-state index contributed by atoms with van der Waals surface area (Å²) >= 11 is 9.36. The first kappa shape index (κ1) is 18.2. The summed E-state index contributed by atoms with van der Waals surface area (Å²) in [5.74, 6) is 0. The largest absolute Gasteiger partial charge is 0.316 e. The highest BCUT2D eigenvalue weighted by Crippen LogP contribution is 2.32. The molecule has 0 spiro atoms. The molecule has 0 aliphatic carbocycles. The number of hydrogen-bond donors (Lipinski definition) is 1. The van der Waals surface area contributed by atoms with E-state index in [1.165, 1.54) is 4.31 Å². The number of benzene rings is 1. The van der Waals surface area contributed by atoms with Crippen molar-refractivity contribution < 1.29 is 8.42 Å². The highest BCUT2D eigenvalue weighted by Gasteiger charge is 2.31. The van der Waals surface area contributed by atoms with Crippen LogP contribution >= 0.6 is 39.9 Å². The zero-order valence-corrected chi connectivity index (χ0v) is 14.9. The summed E-state index contributed by atoms with van der Waals surface area (Å²) < 4.78 is 27.3. The molecule has 1 unspecified atom stereocenters. The van der Waals surface area contributed by atoms with Crippen molar-refractivity contribution in [1.82, 2.24) is 9.62 Å². The Labute approximate surface area is 139 Å². The first-order valence-electron chi connectivity index (χ1n) is 6.08. The minimum absolute atomic E-state index is 0. The minimum atomic E-state index is -3.53. The van der Waals surface area contributed by atoms with Crippen LogP contribution in [0.2, 0.25) is 5.02 Å². The second kappa shape index (κ2) is 7.42. The molecule has 1 aromatic carbocycles. The fraction of sp³-hybridized carbons (Fsp3) is 0.500. The molecule has 1 heterocycles. The molecule has 1 aromatic rings. The summed E-state index contributed by atoms with van der Waals surface area (Å²) in [4.78, 5) is 0.167. The molecule has 1 fully saturated rings. The summed E-state index contributed by atoms with van der Waals surface area (Å²) in [5.41, 5.74) is 0. The zero-order chi connectivity index (χ0) is 14.0. The quantitative estimate of drug-likeness (QED) is 0.843. The average molecular weight is 404 g/mol. The topological polar surface area (TPSA) is 49.4 Å². The molecule has 8 heteroatoms. The third-order valence-electron chi connectivity index (χ3n) is 3.33. The van der Waals surface area contributed by atoms with Crippen LogP contribution in [0.1, 0.15) is 12.8 Å². The van der Waals surface area contributed by atoms with Gasteiger partial charge in [-0.25, -0.2) is 8.42 Å². The van der Waals surface area contributed by atoms with Crippen LogP contribution in [0.25, 0.3) is 0 Å². The minimum Gasteiger partial charge on any atom is -0.316 e. The molecular weight excluding hydrogens is 387 g/mol. The van der Waals surface area contributed by atoms with Crippen molar-refractivity contribution in [2.24, 2.45) is 0 Å². The second-order valence-corrected chi connectivity index (χ2v) is 7.68. The van der Waals surface area contributed by atoms with E-state index in [4.69, 9.17) is 11.6 Å². The van der Waals surface area contributed by atoms with Crippen LogP contribution in [-0.4, -0.2) is 38.9 Å². The van der Waals surface area contributed by atoms with Crippen LogP contribution in [0, 0.1) is 0 Å². The molecule has 20 heavy (non-hydrogen) atoms. The van der Waals surface area contributed by atoms with Crippen molar-refractivity contribution in [2.45, 2.75) is 23.8 Å². The molecule has 0 aromatic heterocycles. The van der Waals surface area contributed by atoms with Gasteiger partial charge < -0.3 is 5.32 Å². The highest BCUT2D eigenvalue weighted by atomic mass is 79.9. The summed E-state index contributed by atoms with van der Waals surface area (Å²) in [6.07, 6.45) is 1.85. The summed E-state index contributed by atoms with van der Waals surface area (Å²) in [6.45, 7) is 1.03. The van der Waals surface area contributed by atoms with Crippen molar-refractivity contribution in [3.63, 3.8) is 0 Å². The molecule has 1 aliphatic rings. The Morgan fingerprint density at radius 1 is 1.45 bits per heavy atom. The first-order chi connectivity index (χ1) is 8.96. The predicted octanol–water partition coefficient (Wildman–Crippen LogP) is 2.90. The summed E-state index contributed by atoms with van der Waals surface area (Å²) in [5, 5.41) is 3.38. The van der Waals surface area contributed by atoms with E-state index < -0.39 is 10.0 Å². The van der Waals surface area contributed by atoms with Crippen molar-refractivity contribution >= 4 is 50.0 Å². The maximum Gasteiger partial charge on any atom is 0.244 e. The summed E-state index contributed by atoms with van der Waals surface area (Å²) in [6, 6.07) is 5.16. The van der Waals surface area contributed by atoms with Crippen molar-refractivity contribution in [3.05, 3.63) is 27.7 Å². The van der Waals surface area contributed by atoms with Gasteiger partial charge in [0.05, 0.1) is 5.02 Å². The van der Waals surface area contributed by atoms with E-state index in [2.05, 4.69) is 21.2 Å². The molecule has 1 atom stereocenters. The molecule has 1 saturated heterocycles. The Kier molecular flexibility index (Phi) is 6.76. The normalized spacial score (nSPS) is 20.4. The number of sulfonamides is 1. The Morgan fingerprint density at radius 2 is 2.15 bits per heavy atom. The molecule has 0 radical (unpaired) electrons. The molecule has 0 saturated carbocycles. The lowest BCUT2D eigenvalue weighted by molar-refractivity contribution is 0.293. The van der Waals surface area contributed by atoms with Gasteiger partial charge >= 0.3 is 0 Å². The second-order valence-electron chi connectivity index (χ2n) is 4.54. The molecule has 114 valence electrons. The summed E-state index contributed by atoms with van der Waals surface area (Å²) in [7, 11) is -1.67. The van der Waals surface area contributed by atoms with Crippen LogP contribution in [0.3, 0.4) is 0 Å². The van der Waals surface area contributed by atoms with Crippen molar-refractivity contribution in [1.29, 1.82) is 0 Å². The van der Waals surface area contributed by atoms with E-state index >= 15 is 0 Å². The van der Waals surface area contributed by atoms with Crippen molar-refractivity contribution in [3.8, 4) is 0 Å². The predicted molar refractivity (Wildman–Crippen MR) is 87.2 cm³/mol. The van der Waals surface area contributed by atoms with E-state index in [0.29, 0.717) is 17.6 Å². The number of piperidine rings is 1. The van der Waals surface area contributed by atoms with Gasteiger partial charge in [0.25, 0.3) is 0 Å². The number of likely N-dealkylation sites (N-methyl/N-ethyl adjacent to an activating group) is 1. The fourth-order valence-corrected chi connectivity index (χ4v) is 4.75. The maximum absolute atomic E-state index is 12.6. The molecule has 4 nitrogen and oxygen atoms in total. The SMILES string of the molecule is CNC1CCCN(S(=O)(=O)c2cccc(Br)c2Cl)C1.Cl. The van der Waals surface area contributed by atoms with Gasteiger partial charge in [-0.3, -0.25) is 0 Å². The van der Waals surface area contributed by atoms with Gasteiger partial charge in [-0.2, -0.15) is 4.31 Å². The van der Waals surface area contributed by atoms with E-state index in [1.54, 1.807) is 18.2 Å². The van der Waals surface area contributed by atoms with Gasteiger partial charge in [0.2, 0.25) is 10.0 Å². The van der Waals surface area contributed by atoms with Gasteiger partial charge in [0.15, 0.2) is 0 Å². The van der Waals surface area contributed by atoms with Gasteiger partial charge in [0.1, 0.15) is 4.90 Å². The molecule has 2 rings (SSSR count). The lowest BCUT2D eigenvalue weighted by atomic mass is 10.1. The van der Waals surface area contributed by atoms with Crippen LogP contribution < -0.4 is 5.32 Å². The number of rotatable bonds is 3. The highest BCUT2D eigenvalue weighted by molar-refractivity contribution is 9.10. The average Bonchev–Trinajstić information content (AvgIpc) is 2.41. The maximum atomic E-state index is 12.6. The monoisotopic (exact) mass is 402 g/mol. The van der Waals surface area contributed by atoms with Gasteiger partial charge in [-0.05, 0) is 48.0 Å². The van der Waals surface area contributed by atoms with Crippen LogP contribution in [0.4, 0.5) is 0 Å². The fourth-order valence-electron chi connectivity index (χ4n) is 2.22. The molecular formula is C12H17BrCl2N2O2S. The van der Waals surface area contributed by atoms with E-state index in [9.17, 15) is 8.42 Å². The van der Waals surface area contributed by atoms with Crippen molar-refractivity contribution in [2.75, 3.05) is 20.1 Å². The van der Waals surface area contributed by atoms with Crippen LogP contribution in [-0.2, 0) is 10.0 Å². The Hall–Kier alpha value is 0.150. The van der Waals surface area contributed by atoms with Gasteiger partial charge in [0, 0.05) is 23.6 Å². The van der Waals surface area contributed by atoms with E-state index in [1.807, 2.05) is 7.05 Å². The lowest BCUT2D eigenvalue weighted by Crippen LogP contribution is -2.46. The standard InChI is InChI=1S/C12H16BrClN2O2S.ClH/c1-15-9-4-3-7-16(8-9)19(17,18)11-6-2-5-10(13)12(11)14;/h2,5-6,9,15H,3-4,7-8H2,1H3;1H. The third kappa shape index (κ3) is 3.67. The van der Waals surface area contributed by atoms with Crippen LogP contribution in [0.5, 0.6) is 0 Å². The Morgan fingerprint density at radius 3 is 2.80 bits per heavy atom. The first-order valence-corrected chi connectivity index (χ1v) is 8.69. The number of halogens is 3. The van der Waals surface area contributed by atoms with E-state index in [0.717, 1.165) is 12.8 Å². The number of nitrogens with zero attached hydrogens (tertiary/aromatic N) is 1. The molecule has 0 amide bonds. The third-order valence-corrected chi connectivity index (χ3v) is 6.64. The molecule has 0 bridgehead atoms. The number of hydrogen-bond acceptors (Lipinski definition) is 3. The molecule has 1 N–H and O–H groups in total. The lowest BCUT2D eigenvalue weighted by Gasteiger charge is -2.31. The van der Waals surface area contributed by atoms with Gasteiger partial charge in [-0.15, -0.1) is 12.4 Å². The van der Waals surface area contributed by atoms with E-state index in [-0.39, 0.29) is 28.4 Å². The Bertz CT molecular complexity index is 569. The van der Waals surface area contributed by atoms with Crippen LogP contribution in [0.15, 0.2) is 27.6 Å². The smallest absolute Gasteiger partial charge is 0.244 e. The Balaban J connectivity index is 0.00000200. The van der Waals surface area contributed by atoms with Gasteiger partial charge in [-0.1, -0.05) is 17.7 Å².